The third kappa shape index (κ3) is 4.13. The lowest BCUT2D eigenvalue weighted by Crippen LogP contribution is -2.13. The summed E-state index contributed by atoms with van der Waals surface area (Å²) in [4.78, 5) is 0. The van der Waals surface area contributed by atoms with Crippen molar-refractivity contribution >= 4 is 0 Å². The lowest BCUT2D eigenvalue weighted by Gasteiger charge is -2.03. The summed E-state index contributed by atoms with van der Waals surface area (Å²) >= 11 is 0. The Bertz CT molecular complexity index is 517. The first-order chi connectivity index (χ1) is 9.69. The van der Waals surface area contributed by atoms with E-state index in [4.69, 9.17) is 9.15 Å². The molecule has 0 amide bonds. The molecule has 0 unspecified atom stereocenters. The molecule has 20 heavy (non-hydrogen) atoms. The molecular weight excluding hydrogens is 254 g/mol. The minimum atomic E-state index is 0.340. The number of nitrogens with one attached hydrogen (secondary N) is 1. The van der Waals surface area contributed by atoms with Crippen LogP contribution in [0.5, 0.6) is 5.75 Å². The van der Waals surface area contributed by atoms with E-state index in [1.165, 1.54) is 0 Å². The fraction of sp³-hybridized carbons (Fsp3) is 0.533. The highest BCUT2D eigenvalue weighted by atomic mass is 16.5. The standard InChI is InChI=1S/C15H23N3O2/c1-4-7-16-8-13-5-6-14(20-13)11-19-15-9-17-18(10-15)12(2)3/h5-6,9-10,12,16H,4,7-8,11H2,1-3H3. The third-order valence-corrected chi connectivity index (χ3v) is 2.93. The van der Waals surface area contributed by atoms with Crippen LogP contribution in [0.3, 0.4) is 0 Å². The van der Waals surface area contributed by atoms with E-state index >= 15 is 0 Å². The van der Waals surface area contributed by atoms with Gasteiger partial charge in [0.1, 0.15) is 18.1 Å². The van der Waals surface area contributed by atoms with Gasteiger partial charge in [0, 0.05) is 6.04 Å². The number of hydrogen-bond acceptors (Lipinski definition) is 4. The van der Waals surface area contributed by atoms with E-state index < -0.39 is 0 Å². The predicted molar refractivity (Wildman–Crippen MR) is 77.6 cm³/mol. The van der Waals surface area contributed by atoms with Crippen LogP contribution in [0.15, 0.2) is 28.9 Å². The quantitative estimate of drug-likeness (QED) is 0.753. The molecule has 0 spiro atoms. The molecule has 0 aliphatic rings. The van der Waals surface area contributed by atoms with Gasteiger partial charge < -0.3 is 14.5 Å². The summed E-state index contributed by atoms with van der Waals surface area (Å²) in [5, 5.41) is 7.54. The molecule has 0 saturated heterocycles. The van der Waals surface area contributed by atoms with E-state index in [0.717, 1.165) is 36.8 Å². The van der Waals surface area contributed by atoms with Gasteiger partial charge in [0.25, 0.3) is 0 Å². The fourth-order valence-electron chi connectivity index (χ4n) is 1.82. The van der Waals surface area contributed by atoms with Crippen LogP contribution < -0.4 is 10.1 Å². The van der Waals surface area contributed by atoms with E-state index in [2.05, 4.69) is 31.2 Å². The van der Waals surface area contributed by atoms with Gasteiger partial charge in [0.2, 0.25) is 0 Å². The van der Waals surface area contributed by atoms with Gasteiger partial charge in [0.05, 0.1) is 18.9 Å². The molecule has 0 radical (unpaired) electrons. The second-order valence-electron chi connectivity index (χ2n) is 5.08. The number of ether oxygens (including phenoxy) is 1. The molecular formula is C15H23N3O2. The molecule has 2 aromatic heterocycles. The first kappa shape index (κ1) is 14.7. The van der Waals surface area contributed by atoms with E-state index in [9.17, 15) is 0 Å². The Balaban J connectivity index is 1.81. The first-order valence-corrected chi connectivity index (χ1v) is 7.14. The normalized spacial score (nSPS) is 11.2. The molecule has 0 aliphatic carbocycles. The molecule has 1 N–H and O–H groups in total. The van der Waals surface area contributed by atoms with E-state index in [0.29, 0.717) is 12.6 Å². The summed E-state index contributed by atoms with van der Waals surface area (Å²) < 4.78 is 13.2. The van der Waals surface area contributed by atoms with E-state index in [1.54, 1.807) is 6.20 Å². The molecule has 0 aromatic carbocycles. The van der Waals surface area contributed by atoms with Crippen molar-refractivity contribution in [3.05, 3.63) is 36.0 Å². The number of rotatable bonds is 8. The smallest absolute Gasteiger partial charge is 0.157 e. The molecule has 0 atom stereocenters. The number of aromatic nitrogens is 2. The second-order valence-corrected chi connectivity index (χ2v) is 5.08. The Morgan fingerprint density at radius 2 is 2.15 bits per heavy atom. The van der Waals surface area contributed by atoms with Gasteiger partial charge in [-0.3, -0.25) is 4.68 Å². The molecule has 2 heterocycles. The average molecular weight is 277 g/mol. The van der Waals surface area contributed by atoms with Crippen LogP contribution in [-0.4, -0.2) is 16.3 Å². The molecule has 2 rings (SSSR count). The van der Waals surface area contributed by atoms with Crippen molar-refractivity contribution in [1.82, 2.24) is 15.1 Å². The fourth-order valence-corrected chi connectivity index (χ4v) is 1.82. The average Bonchev–Trinajstić information content (AvgIpc) is 3.05. The first-order valence-electron chi connectivity index (χ1n) is 7.14. The highest BCUT2D eigenvalue weighted by Crippen LogP contribution is 2.15. The van der Waals surface area contributed by atoms with Crippen LogP contribution in [0.4, 0.5) is 0 Å². The molecule has 0 saturated carbocycles. The van der Waals surface area contributed by atoms with Crippen molar-refractivity contribution in [2.24, 2.45) is 0 Å². The topological polar surface area (TPSA) is 52.2 Å². The predicted octanol–water partition coefficient (Wildman–Crippen LogP) is 3.14. The van der Waals surface area contributed by atoms with Crippen LogP contribution in [0.2, 0.25) is 0 Å². The van der Waals surface area contributed by atoms with Crippen LogP contribution in [-0.2, 0) is 13.2 Å². The van der Waals surface area contributed by atoms with Crippen molar-refractivity contribution in [3.63, 3.8) is 0 Å². The summed E-state index contributed by atoms with van der Waals surface area (Å²) in [7, 11) is 0. The molecule has 5 nitrogen and oxygen atoms in total. The highest BCUT2D eigenvalue weighted by molar-refractivity contribution is 5.13. The van der Waals surface area contributed by atoms with Crippen molar-refractivity contribution < 1.29 is 9.15 Å². The minimum absolute atomic E-state index is 0.340. The maximum absolute atomic E-state index is 5.69. The van der Waals surface area contributed by atoms with Crippen LogP contribution in [0.25, 0.3) is 0 Å². The maximum atomic E-state index is 5.69. The lowest BCUT2D eigenvalue weighted by atomic mass is 10.4. The second kappa shape index (κ2) is 7.14. The van der Waals surface area contributed by atoms with Crippen molar-refractivity contribution in [1.29, 1.82) is 0 Å². The summed E-state index contributed by atoms with van der Waals surface area (Å²) in [5.74, 6) is 2.53. The molecule has 110 valence electrons. The van der Waals surface area contributed by atoms with Gasteiger partial charge >= 0.3 is 0 Å². The molecule has 0 aliphatic heterocycles. The monoisotopic (exact) mass is 277 g/mol. The lowest BCUT2D eigenvalue weighted by molar-refractivity contribution is 0.264. The summed E-state index contributed by atoms with van der Waals surface area (Å²) in [6.45, 7) is 8.50. The summed E-state index contributed by atoms with van der Waals surface area (Å²) in [6.07, 6.45) is 4.75. The van der Waals surface area contributed by atoms with Gasteiger partial charge in [-0.1, -0.05) is 6.92 Å². The van der Waals surface area contributed by atoms with Gasteiger partial charge in [-0.05, 0) is 38.9 Å². The van der Waals surface area contributed by atoms with Gasteiger partial charge in [-0.15, -0.1) is 0 Å². The Morgan fingerprint density at radius 1 is 1.35 bits per heavy atom. The zero-order valence-electron chi connectivity index (χ0n) is 12.4. The minimum Gasteiger partial charge on any atom is -0.482 e. The zero-order chi connectivity index (χ0) is 14.4. The van der Waals surface area contributed by atoms with Gasteiger partial charge in [-0.25, -0.2) is 0 Å². The Kier molecular flexibility index (Phi) is 5.24. The highest BCUT2D eigenvalue weighted by Gasteiger charge is 2.05. The van der Waals surface area contributed by atoms with Crippen LogP contribution in [0.1, 0.15) is 44.8 Å². The number of hydrogen-bond donors (Lipinski definition) is 1. The molecule has 0 bridgehead atoms. The Labute approximate surface area is 119 Å². The number of furan rings is 1. The summed E-state index contributed by atoms with van der Waals surface area (Å²) in [5.41, 5.74) is 0. The van der Waals surface area contributed by atoms with E-state index in [-0.39, 0.29) is 0 Å². The van der Waals surface area contributed by atoms with E-state index in [1.807, 2.05) is 23.0 Å². The Morgan fingerprint density at radius 3 is 2.85 bits per heavy atom. The molecule has 5 heteroatoms. The van der Waals surface area contributed by atoms with Crippen LogP contribution in [0, 0.1) is 0 Å². The van der Waals surface area contributed by atoms with Crippen molar-refractivity contribution in [2.75, 3.05) is 6.54 Å². The van der Waals surface area contributed by atoms with Crippen molar-refractivity contribution in [3.8, 4) is 5.75 Å². The van der Waals surface area contributed by atoms with Crippen molar-refractivity contribution in [2.45, 2.75) is 46.4 Å². The third-order valence-electron chi connectivity index (χ3n) is 2.93. The number of nitrogens with zero attached hydrogens (tertiary/aromatic N) is 2. The summed E-state index contributed by atoms with van der Waals surface area (Å²) in [6, 6.07) is 4.28. The zero-order valence-corrected chi connectivity index (χ0v) is 12.4. The molecule has 0 fully saturated rings. The van der Waals surface area contributed by atoms with Gasteiger partial charge in [0.15, 0.2) is 5.75 Å². The Hall–Kier alpha value is -1.75. The van der Waals surface area contributed by atoms with Crippen LogP contribution >= 0.6 is 0 Å². The largest absolute Gasteiger partial charge is 0.482 e. The van der Waals surface area contributed by atoms with Gasteiger partial charge in [-0.2, -0.15) is 5.10 Å². The SMILES string of the molecule is CCCNCc1ccc(COc2cnn(C(C)C)c2)o1. The maximum Gasteiger partial charge on any atom is 0.157 e. The molecule has 2 aromatic rings.